The van der Waals surface area contributed by atoms with Crippen LogP contribution in [0.1, 0.15) is 24.0 Å². The first kappa shape index (κ1) is 14.8. The summed E-state index contributed by atoms with van der Waals surface area (Å²) in [5, 5.41) is 12.9. The van der Waals surface area contributed by atoms with Gasteiger partial charge >= 0.3 is 0 Å². The molecular formula is C16H23N3O. The van der Waals surface area contributed by atoms with E-state index in [9.17, 15) is 5.26 Å². The molecule has 1 unspecified atom stereocenters. The average molecular weight is 273 g/mol. The first-order valence-electron chi connectivity index (χ1n) is 7.22. The minimum absolute atomic E-state index is 0.514. The molecule has 108 valence electrons. The number of rotatable bonds is 6. The second-order valence-corrected chi connectivity index (χ2v) is 5.36. The first-order valence-corrected chi connectivity index (χ1v) is 7.22. The van der Waals surface area contributed by atoms with E-state index in [1.807, 2.05) is 13.0 Å². The fourth-order valence-corrected chi connectivity index (χ4v) is 2.71. The molecule has 1 aromatic carbocycles. The van der Waals surface area contributed by atoms with Crippen LogP contribution in [0, 0.1) is 18.3 Å². The van der Waals surface area contributed by atoms with Gasteiger partial charge in [-0.25, -0.2) is 0 Å². The van der Waals surface area contributed by atoms with Crippen LogP contribution >= 0.6 is 0 Å². The summed E-state index contributed by atoms with van der Waals surface area (Å²) in [6.45, 7) is 5.53. The fraction of sp³-hybridized carbons (Fsp3) is 0.562. The van der Waals surface area contributed by atoms with Crippen LogP contribution in [0.3, 0.4) is 0 Å². The van der Waals surface area contributed by atoms with E-state index in [-0.39, 0.29) is 0 Å². The maximum absolute atomic E-state index is 9.35. The monoisotopic (exact) mass is 273 g/mol. The molecule has 0 amide bonds. The van der Waals surface area contributed by atoms with Gasteiger partial charge in [-0.3, -0.25) is 0 Å². The van der Waals surface area contributed by atoms with Gasteiger partial charge in [-0.2, -0.15) is 5.26 Å². The van der Waals surface area contributed by atoms with E-state index < -0.39 is 0 Å². The highest BCUT2D eigenvalue weighted by Gasteiger charge is 2.19. The Bertz CT molecular complexity index is 475. The minimum atomic E-state index is 0.514. The Balaban J connectivity index is 2.18. The van der Waals surface area contributed by atoms with Crippen LogP contribution in [0.2, 0.25) is 0 Å². The molecule has 0 radical (unpaired) electrons. The minimum Gasteiger partial charge on any atom is -0.383 e. The SMILES string of the molecule is COCCN(CC1CCCN1)c1ccc(C)cc1C#N. The zero-order chi connectivity index (χ0) is 14.4. The Morgan fingerprint density at radius 2 is 2.35 bits per heavy atom. The molecule has 1 heterocycles. The van der Waals surface area contributed by atoms with Crippen molar-refractivity contribution in [3.63, 3.8) is 0 Å². The van der Waals surface area contributed by atoms with E-state index in [4.69, 9.17) is 4.74 Å². The maximum Gasteiger partial charge on any atom is 0.101 e. The average Bonchev–Trinajstić information content (AvgIpc) is 2.96. The Morgan fingerprint density at radius 3 is 3.00 bits per heavy atom. The van der Waals surface area contributed by atoms with Gasteiger partial charge in [0.1, 0.15) is 6.07 Å². The molecule has 1 aliphatic rings. The third-order valence-electron chi connectivity index (χ3n) is 3.78. The standard InChI is InChI=1S/C16H23N3O/c1-13-5-6-16(14(10-13)11-17)19(8-9-20-2)12-15-4-3-7-18-15/h5-6,10,15,18H,3-4,7-9,12H2,1-2H3. The summed E-state index contributed by atoms with van der Waals surface area (Å²) >= 11 is 0. The summed E-state index contributed by atoms with van der Waals surface area (Å²) in [7, 11) is 1.71. The van der Waals surface area contributed by atoms with Crippen LogP contribution in [0.15, 0.2) is 18.2 Å². The van der Waals surface area contributed by atoms with E-state index in [2.05, 4.69) is 28.4 Å². The van der Waals surface area contributed by atoms with Gasteiger partial charge in [-0.15, -0.1) is 0 Å². The molecular weight excluding hydrogens is 250 g/mol. The van der Waals surface area contributed by atoms with Crippen molar-refractivity contribution in [1.29, 1.82) is 5.26 Å². The lowest BCUT2D eigenvalue weighted by molar-refractivity contribution is 0.204. The van der Waals surface area contributed by atoms with Gasteiger partial charge in [0.25, 0.3) is 0 Å². The number of nitrogens with zero attached hydrogens (tertiary/aromatic N) is 2. The molecule has 0 aromatic heterocycles. The number of hydrogen-bond donors (Lipinski definition) is 1. The van der Waals surface area contributed by atoms with Crippen molar-refractivity contribution in [2.45, 2.75) is 25.8 Å². The van der Waals surface area contributed by atoms with Gasteiger partial charge in [0, 0.05) is 26.2 Å². The summed E-state index contributed by atoms with van der Waals surface area (Å²) in [4.78, 5) is 2.27. The highest BCUT2D eigenvalue weighted by molar-refractivity contribution is 5.60. The number of aryl methyl sites for hydroxylation is 1. The lowest BCUT2D eigenvalue weighted by Gasteiger charge is -2.28. The Morgan fingerprint density at radius 1 is 1.50 bits per heavy atom. The number of nitrogens with one attached hydrogen (secondary N) is 1. The second kappa shape index (κ2) is 7.28. The van der Waals surface area contributed by atoms with E-state index in [0.717, 1.165) is 36.4 Å². The van der Waals surface area contributed by atoms with Crippen LogP contribution in [0.25, 0.3) is 0 Å². The van der Waals surface area contributed by atoms with Gasteiger partial charge < -0.3 is 15.0 Å². The predicted molar refractivity (Wildman–Crippen MR) is 81.0 cm³/mol. The molecule has 20 heavy (non-hydrogen) atoms. The van der Waals surface area contributed by atoms with Crippen LogP contribution in [-0.4, -0.2) is 39.4 Å². The molecule has 1 atom stereocenters. The summed E-state index contributed by atoms with van der Waals surface area (Å²) in [6.07, 6.45) is 2.44. The number of anilines is 1. The van der Waals surface area contributed by atoms with Crippen LogP contribution in [0.4, 0.5) is 5.69 Å². The van der Waals surface area contributed by atoms with E-state index in [1.165, 1.54) is 12.8 Å². The van der Waals surface area contributed by atoms with Gasteiger partial charge in [-0.05, 0) is 44.0 Å². The topological polar surface area (TPSA) is 48.3 Å². The fourth-order valence-electron chi connectivity index (χ4n) is 2.71. The molecule has 0 bridgehead atoms. The molecule has 1 fully saturated rings. The van der Waals surface area contributed by atoms with Gasteiger partial charge in [-0.1, -0.05) is 6.07 Å². The third kappa shape index (κ3) is 3.72. The summed E-state index contributed by atoms with van der Waals surface area (Å²) in [5.41, 5.74) is 2.89. The third-order valence-corrected chi connectivity index (χ3v) is 3.78. The number of hydrogen-bond acceptors (Lipinski definition) is 4. The zero-order valence-corrected chi connectivity index (χ0v) is 12.4. The molecule has 0 saturated carbocycles. The highest BCUT2D eigenvalue weighted by Crippen LogP contribution is 2.22. The molecule has 0 aliphatic carbocycles. The summed E-state index contributed by atoms with van der Waals surface area (Å²) in [5.74, 6) is 0. The van der Waals surface area contributed by atoms with Crippen molar-refractivity contribution in [3.05, 3.63) is 29.3 Å². The second-order valence-electron chi connectivity index (χ2n) is 5.36. The zero-order valence-electron chi connectivity index (χ0n) is 12.4. The van der Waals surface area contributed by atoms with Crippen molar-refractivity contribution in [3.8, 4) is 6.07 Å². The molecule has 1 aliphatic heterocycles. The molecule has 2 rings (SSSR count). The van der Waals surface area contributed by atoms with Crippen molar-refractivity contribution < 1.29 is 4.74 Å². The molecule has 4 nitrogen and oxygen atoms in total. The predicted octanol–water partition coefficient (Wildman–Crippen LogP) is 2.07. The van der Waals surface area contributed by atoms with Crippen molar-refractivity contribution in [1.82, 2.24) is 5.32 Å². The van der Waals surface area contributed by atoms with Gasteiger partial charge in [0.15, 0.2) is 0 Å². The van der Waals surface area contributed by atoms with Gasteiger partial charge in [0.05, 0.1) is 17.9 Å². The molecule has 1 saturated heterocycles. The number of methoxy groups -OCH3 is 1. The Kier molecular flexibility index (Phi) is 5.40. The smallest absolute Gasteiger partial charge is 0.101 e. The van der Waals surface area contributed by atoms with E-state index in [0.29, 0.717) is 12.6 Å². The highest BCUT2D eigenvalue weighted by atomic mass is 16.5. The summed E-state index contributed by atoms with van der Waals surface area (Å²) in [6, 6.07) is 8.91. The summed E-state index contributed by atoms with van der Waals surface area (Å²) < 4.78 is 5.21. The lowest BCUT2D eigenvalue weighted by Crippen LogP contribution is -2.39. The van der Waals surface area contributed by atoms with Gasteiger partial charge in [0.2, 0.25) is 0 Å². The Labute approximate surface area is 121 Å². The molecule has 0 spiro atoms. The van der Waals surface area contributed by atoms with E-state index in [1.54, 1.807) is 7.11 Å². The van der Waals surface area contributed by atoms with Crippen molar-refractivity contribution in [2.75, 3.05) is 38.3 Å². The largest absolute Gasteiger partial charge is 0.383 e. The quantitative estimate of drug-likeness (QED) is 0.862. The van der Waals surface area contributed by atoms with E-state index >= 15 is 0 Å². The molecule has 1 N–H and O–H groups in total. The van der Waals surface area contributed by atoms with Crippen LogP contribution in [0.5, 0.6) is 0 Å². The van der Waals surface area contributed by atoms with Crippen LogP contribution in [-0.2, 0) is 4.74 Å². The number of nitriles is 1. The first-order chi connectivity index (χ1) is 9.74. The lowest BCUT2D eigenvalue weighted by atomic mass is 10.1. The Hall–Kier alpha value is -1.57. The molecule has 1 aromatic rings. The number of ether oxygens (including phenoxy) is 1. The van der Waals surface area contributed by atoms with Crippen molar-refractivity contribution >= 4 is 5.69 Å². The number of benzene rings is 1. The normalized spacial score (nSPS) is 17.9. The van der Waals surface area contributed by atoms with Crippen LogP contribution < -0.4 is 10.2 Å². The van der Waals surface area contributed by atoms with Crippen molar-refractivity contribution in [2.24, 2.45) is 0 Å². The maximum atomic E-state index is 9.35. The molecule has 4 heteroatoms.